The number of benzene rings is 2. The van der Waals surface area contributed by atoms with Gasteiger partial charge in [0, 0.05) is 31.9 Å². The van der Waals surface area contributed by atoms with Crippen molar-refractivity contribution < 1.29 is 19.1 Å². The third kappa shape index (κ3) is 4.31. The lowest BCUT2D eigenvalue weighted by Crippen LogP contribution is -2.51. The molecule has 0 radical (unpaired) electrons. The van der Waals surface area contributed by atoms with Crippen LogP contribution in [-0.4, -0.2) is 57.1 Å². The number of anilines is 2. The number of methoxy groups -OCH3 is 2. The number of carbonyl (C=O) groups excluding carboxylic acids is 2. The van der Waals surface area contributed by atoms with Gasteiger partial charge in [0.2, 0.25) is 0 Å². The Morgan fingerprint density at radius 3 is 2.19 bits per heavy atom. The SMILES string of the molecule is COc1ccc(NC(=O)C(=O)N2CCN(c3ccccc3OC)CC2)cc1. The van der Waals surface area contributed by atoms with Crippen molar-refractivity contribution in [3.8, 4) is 11.5 Å². The van der Waals surface area contributed by atoms with Crippen molar-refractivity contribution in [3.63, 3.8) is 0 Å². The van der Waals surface area contributed by atoms with Gasteiger partial charge in [-0.25, -0.2) is 0 Å². The lowest BCUT2D eigenvalue weighted by Gasteiger charge is -2.36. The fourth-order valence-electron chi connectivity index (χ4n) is 3.04. The summed E-state index contributed by atoms with van der Waals surface area (Å²) in [5.74, 6) is 0.331. The summed E-state index contributed by atoms with van der Waals surface area (Å²) < 4.78 is 10.5. The van der Waals surface area contributed by atoms with Crippen LogP contribution in [0.5, 0.6) is 11.5 Å². The molecule has 2 aromatic carbocycles. The van der Waals surface area contributed by atoms with Crippen LogP contribution in [0, 0.1) is 0 Å². The number of piperazine rings is 1. The molecule has 0 aliphatic carbocycles. The van der Waals surface area contributed by atoms with Gasteiger partial charge in [-0.3, -0.25) is 9.59 Å². The van der Waals surface area contributed by atoms with Crippen LogP contribution in [0.3, 0.4) is 0 Å². The standard InChI is InChI=1S/C20H23N3O4/c1-26-16-9-7-15(8-10-16)21-19(24)20(25)23-13-11-22(12-14-23)17-5-3-4-6-18(17)27-2/h3-10H,11-14H2,1-2H3,(H,21,24). The Labute approximate surface area is 158 Å². The van der Waals surface area contributed by atoms with E-state index < -0.39 is 11.8 Å². The maximum absolute atomic E-state index is 12.4. The molecule has 3 rings (SSSR count). The molecule has 7 heteroatoms. The largest absolute Gasteiger partial charge is 0.497 e. The second-order valence-corrected chi connectivity index (χ2v) is 6.13. The predicted molar refractivity (Wildman–Crippen MR) is 103 cm³/mol. The second kappa shape index (κ2) is 8.44. The number of amides is 2. The summed E-state index contributed by atoms with van der Waals surface area (Å²) in [6.07, 6.45) is 0. The topological polar surface area (TPSA) is 71.1 Å². The Hall–Kier alpha value is -3.22. The molecule has 7 nitrogen and oxygen atoms in total. The van der Waals surface area contributed by atoms with Crippen LogP contribution in [0.15, 0.2) is 48.5 Å². The quantitative estimate of drug-likeness (QED) is 0.835. The summed E-state index contributed by atoms with van der Waals surface area (Å²) >= 11 is 0. The summed E-state index contributed by atoms with van der Waals surface area (Å²) in [7, 11) is 3.21. The number of ether oxygens (including phenoxy) is 2. The molecule has 1 aliphatic rings. The maximum atomic E-state index is 12.4. The van der Waals surface area contributed by atoms with Gasteiger partial charge in [0.1, 0.15) is 11.5 Å². The third-order valence-electron chi connectivity index (χ3n) is 4.53. The number of nitrogens with one attached hydrogen (secondary N) is 1. The summed E-state index contributed by atoms with van der Waals surface area (Å²) in [4.78, 5) is 28.4. The zero-order chi connectivity index (χ0) is 19.2. The number of carbonyl (C=O) groups is 2. The third-order valence-corrected chi connectivity index (χ3v) is 4.53. The van der Waals surface area contributed by atoms with E-state index in [1.807, 2.05) is 24.3 Å². The second-order valence-electron chi connectivity index (χ2n) is 6.13. The summed E-state index contributed by atoms with van der Waals surface area (Å²) in [5, 5.41) is 2.63. The Kier molecular flexibility index (Phi) is 5.80. The zero-order valence-electron chi connectivity index (χ0n) is 15.5. The average Bonchev–Trinajstić information content (AvgIpc) is 2.73. The molecule has 1 saturated heterocycles. The number of nitrogens with zero attached hydrogens (tertiary/aromatic N) is 2. The zero-order valence-corrected chi connectivity index (χ0v) is 15.5. The van der Waals surface area contributed by atoms with E-state index in [0.717, 1.165) is 11.4 Å². The Morgan fingerprint density at radius 2 is 1.56 bits per heavy atom. The normalized spacial score (nSPS) is 13.9. The van der Waals surface area contributed by atoms with Gasteiger partial charge in [-0.15, -0.1) is 0 Å². The first kappa shape index (κ1) is 18.6. The molecule has 0 unspecified atom stereocenters. The van der Waals surface area contributed by atoms with E-state index in [9.17, 15) is 9.59 Å². The van der Waals surface area contributed by atoms with Gasteiger partial charge in [-0.2, -0.15) is 0 Å². The number of hydrogen-bond donors (Lipinski definition) is 1. The van der Waals surface area contributed by atoms with Gasteiger partial charge in [-0.05, 0) is 36.4 Å². The highest BCUT2D eigenvalue weighted by Gasteiger charge is 2.27. The highest BCUT2D eigenvalue weighted by molar-refractivity contribution is 6.39. The molecular formula is C20H23N3O4. The van der Waals surface area contributed by atoms with E-state index in [1.54, 1.807) is 43.4 Å². The van der Waals surface area contributed by atoms with Gasteiger partial charge in [0.05, 0.1) is 19.9 Å². The molecule has 142 valence electrons. The van der Waals surface area contributed by atoms with Crippen LogP contribution in [0.2, 0.25) is 0 Å². The molecule has 1 fully saturated rings. The van der Waals surface area contributed by atoms with Gasteiger partial charge < -0.3 is 24.6 Å². The predicted octanol–water partition coefficient (Wildman–Crippen LogP) is 1.99. The highest BCUT2D eigenvalue weighted by Crippen LogP contribution is 2.28. The molecule has 0 atom stereocenters. The number of rotatable bonds is 4. The number of para-hydroxylation sites is 2. The molecule has 0 saturated carbocycles. The van der Waals surface area contributed by atoms with E-state index in [-0.39, 0.29) is 0 Å². The van der Waals surface area contributed by atoms with Crippen molar-refractivity contribution in [2.45, 2.75) is 0 Å². The summed E-state index contributed by atoms with van der Waals surface area (Å²) in [6, 6.07) is 14.6. The molecule has 0 aromatic heterocycles. The van der Waals surface area contributed by atoms with Crippen molar-refractivity contribution in [1.82, 2.24) is 4.90 Å². The van der Waals surface area contributed by atoms with Crippen molar-refractivity contribution in [2.75, 3.05) is 50.6 Å². The van der Waals surface area contributed by atoms with Gasteiger partial charge in [-0.1, -0.05) is 12.1 Å². The van der Waals surface area contributed by atoms with Crippen molar-refractivity contribution in [1.29, 1.82) is 0 Å². The Morgan fingerprint density at radius 1 is 0.889 bits per heavy atom. The fraction of sp³-hybridized carbons (Fsp3) is 0.300. The minimum absolute atomic E-state index is 0.479. The first-order valence-electron chi connectivity index (χ1n) is 8.74. The monoisotopic (exact) mass is 369 g/mol. The summed E-state index contributed by atoms with van der Waals surface area (Å²) in [6.45, 7) is 2.24. The van der Waals surface area contributed by atoms with Crippen LogP contribution in [0.4, 0.5) is 11.4 Å². The minimum atomic E-state index is -0.633. The molecule has 0 bridgehead atoms. The van der Waals surface area contributed by atoms with Gasteiger partial charge in [0.15, 0.2) is 0 Å². The molecule has 1 aliphatic heterocycles. The van der Waals surface area contributed by atoms with Crippen molar-refractivity contribution in [3.05, 3.63) is 48.5 Å². The first-order chi connectivity index (χ1) is 13.1. The maximum Gasteiger partial charge on any atom is 0.313 e. The minimum Gasteiger partial charge on any atom is -0.497 e. The Bertz CT molecular complexity index is 799. The van der Waals surface area contributed by atoms with Gasteiger partial charge >= 0.3 is 11.8 Å². The smallest absolute Gasteiger partial charge is 0.313 e. The molecular weight excluding hydrogens is 346 g/mol. The van der Waals surface area contributed by atoms with Gasteiger partial charge in [0.25, 0.3) is 0 Å². The van der Waals surface area contributed by atoms with E-state index >= 15 is 0 Å². The van der Waals surface area contributed by atoms with Crippen LogP contribution >= 0.6 is 0 Å². The molecule has 2 amide bonds. The van der Waals surface area contributed by atoms with E-state index in [2.05, 4.69) is 10.2 Å². The Balaban J connectivity index is 1.56. The average molecular weight is 369 g/mol. The molecule has 1 N–H and O–H groups in total. The van der Waals surface area contributed by atoms with Crippen molar-refractivity contribution in [2.24, 2.45) is 0 Å². The molecule has 27 heavy (non-hydrogen) atoms. The number of hydrogen-bond acceptors (Lipinski definition) is 5. The molecule has 2 aromatic rings. The van der Waals surface area contributed by atoms with Crippen molar-refractivity contribution >= 4 is 23.2 Å². The van der Waals surface area contributed by atoms with Crippen LogP contribution < -0.4 is 19.7 Å². The lowest BCUT2D eigenvalue weighted by molar-refractivity contribution is -0.143. The van der Waals surface area contributed by atoms with E-state index in [0.29, 0.717) is 37.6 Å². The first-order valence-corrected chi connectivity index (χ1v) is 8.74. The van der Waals surface area contributed by atoms with Crippen LogP contribution in [0.1, 0.15) is 0 Å². The highest BCUT2D eigenvalue weighted by atomic mass is 16.5. The van der Waals surface area contributed by atoms with E-state index in [4.69, 9.17) is 9.47 Å². The molecule has 1 heterocycles. The van der Waals surface area contributed by atoms with Crippen LogP contribution in [0.25, 0.3) is 0 Å². The lowest BCUT2D eigenvalue weighted by atomic mass is 10.2. The molecule has 0 spiro atoms. The van der Waals surface area contributed by atoms with Crippen LogP contribution in [-0.2, 0) is 9.59 Å². The van der Waals surface area contributed by atoms with E-state index in [1.165, 1.54) is 0 Å². The summed E-state index contributed by atoms with van der Waals surface area (Å²) in [5.41, 5.74) is 1.55. The fourth-order valence-corrected chi connectivity index (χ4v) is 3.04.